The van der Waals surface area contributed by atoms with Gasteiger partial charge in [-0.3, -0.25) is 4.79 Å². The van der Waals surface area contributed by atoms with E-state index in [1.165, 1.54) is 12.8 Å². The predicted octanol–water partition coefficient (Wildman–Crippen LogP) is 2.61. The molecule has 0 bridgehead atoms. The molecule has 71 valence electrons. The maximum atomic E-state index is 10.1. The van der Waals surface area contributed by atoms with Crippen LogP contribution in [0.15, 0.2) is 12.7 Å². The second kappa shape index (κ2) is 12.8. The molecule has 1 N–H and O–H groups in total. The maximum absolute atomic E-state index is 10.1. The van der Waals surface area contributed by atoms with Gasteiger partial charge in [-0.15, -0.1) is 6.58 Å². The molecule has 0 amide bonds. The molecule has 0 aliphatic carbocycles. The van der Waals surface area contributed by atoms with Crippen molar-refractivity contribution in [1.82, 2.24) is 0 Å². The van der Waals surface area contributed by atoms with Gasteiger partial charge in [-0.05, 0) is 19.3 Å². The van der Waals surface area contributed by atoms with Crippen LogP contribution in [0.5, 0.6) is 0 Å². The minimum absolute atomic E-state index is 0. The molecule has 2 nitrogen and oxygen atoms in total. The number of rotatable bonds is 8. The van der Waals surface area contributed by atoms with E-state index in [1.807, 2.05) is 6.08 Å². The van der Waals surface area contributed by atoms with E-state index in [-0.39, 0.29) is 51.4 Å². The van der Waals surface area contributed by atoms with Gasteiger partial charge < -0.3 is 5.11 Å². The minimum Gasteiger partial charge on any atom is -0.481 e. The summed E-state index contributed by atoms with van der Waals surface area (Å²) in [6.07, 6.45) is 8.74. The van der Waals surface area contributed by atoms with E-state index in [0.717, 1.165) is 25.7 Å². The zero-order valence-corrected chi connectivity index (χ0v) is 11.7. The molecule has 0 aliphatic rings. The van der Waals surface area contributed by atoms with Crippen LogP contribution in [0.1, 0.15) is 44.9 Å². The molecule has 0 saturated heterocycles. The number of hydrogen-bond donors (Lipinski definition) is 1. The third-order valence-corrected chi connectivity index (χ3v) is 1.80. The van der Waals surface area contributed by atoms with Gasteiger partial charge in [-0.1, -0.05) is 25.3 Å². The molecule has 3 heteroatoms. The van der Waals surface area contributed by atoms with E-state index in [0.29, 0.717) is 6.42 Å². The summed E-state index contributed by atoms with van der Waals surface area (Å²) in [5, 5.41) is 8.34. The van der Waals surface area contributed by atoms with Crippen molar-refractivity contribution in [2.75, 3.05) is 0 Å². The number of unbranched alkanes of at least 4 members (excludes halogenated alkanes) is 5. The summed E-state index contributed by atoms with van der Waals surface area (Å²) in [6.45, 7) is 3.64. The van der Waals surface area contributed by atoms with Crippen molar-refractivity contribution in [3.05, 3.63) is 12.7 Å². The van der Waals surface area contributed by atoms with Gasteiger partial charge in [0, 0.05) is 57.8 Å². The van der Waals surface area contributed by atoms with E-state index >= 15 is 0 Å². The summed E-state index contributed by atoms with van der Waals surface area (Å²) < 4.78 is 0. The normalized spacial score (nSPS) is 8.92. The molecule has 0 unspecified atom stereocenters. The summed E-state index contributed by atoms with van der Waals surface area (Å²) in [5.41, 5.74) is 0. The Morgan fingerprint density at radius 3 is 2.23 bits per heavy atom. The van der Waals surface area contributed by atoms with Crippen LogP contribution in [0.2, 0.25) is 0 Å². The van der Waals surface area contributed by atoms with Gasteiger partial charge >= 0.3 is 5.97 Å². The van der Waals surface area contributed by atoms with Crippen molar-refractivity contribution in [3.8, 4) is 0 Å². The molecule has 0 rings (SSSR count). The Balaban J connectivity index is 0. The Morgan fingerprint density at radius 2 is 1.69 bits per heavy atom. The molecule has 0 saturated carbocycles. The fraction of sp³-hybridized carbons (Fsp3) is 0.700. The number of carboxylic acid groups (broad SMARTS) is 1. The SMILES string of the molecule is C=CCCCCCCCC(=O)O.[K]. The summed E-state index contributed by atoms with van der Waals surface area (Å²) in [5.74, 6) is -0.680. The molecule has 0 aromatic heterocycles. The van der Waals surface area contributed by atoms with Crippen LogP contribution < -0.4 is 0 Å². The van der Waals surface area contributed by atoms with Crippen LogP contribution in [0, 0.1) is 0 Å². The number of allylic oxidation sites excluding steroid dienone is 1. The average molecular weight is 209 g/mol. The second-order valence-electron chi connectivity index (χ2n) is 2.99. The summed E-state index contributed by atoms with van der Waals surface area (Å²) in [4.78, 5) is 10.1. The smallest absolute Gasteiger partial charge is 0.303 e. The number of hydrogen-bond acceptors (Lipinski definition) is 1. The van der Waals surface area contributed by atoms with Crippen molar-refractivity contribution in [2.45, 2.75) is 44.9 Å². The van der Waals surface area contributed by atoms with Gasteiger partial charge in [0.15, 0.2) is 0 Å². The summed E-state index contributed by atoms with van der Waals surface area (Å²) >= 11 is 0. The van der Waals surface area contributed by atoms with Crippen molar-refractivity contribution in [3.63, 3.8) is 0 Å². The second-order valence-corrected chi connectivity index (χ2v) is 2.99. The van der Waals surface area contributed by atoms with Gasteiger partial charge in [0.2, 0.25) is 0 Å². The number of carboxylic acids is 1. The molecule has 0 heterocycles. The summed E-state index contributed by atoms with van der Waals surface area (Å²) in [7, 11) is 0. The Labute approximate surface area is 123 Å². The molecule has 1 radical (unpaired) electrons. The van der Waals surface area contributed by atoms with Gasteiger partial charge in [0.25, 0.3) is 0 Å². The maximum Gasteiger partial charge on any atom is 0.303 e. The molecule has 0 spiro atoms. The third-order valence-electron chi connectivity index (χ3n) is 1.80. The average Bonchev–Trinajstić information content (AvgIpc) is 2.02. The first kappa shape index (κ1) is 16.3. The number of aliphatic carboxylic acids is 1. The molecule has 0 aromatic carbocycles. The van der Waals surface area contributed by atoms with Crippen LogP contribution in [-0.4, -0.2) is 62.5 Å². The zero-order chi connectivity index (χ0) is 9.23. The first-order valence-electron chi connectivity index (χ1n) is 4.60. The quantitative estimate of drug-likeness (QED) is 0.379. The summed E-state index contributed by atoms with van der Waals surface area (Å²) in [6, 6.07) is 0. The largest absolute Gasteiger partial charge is 0.481 e. The third kappa shape index (κ3) is 15.6. The fourth-order valence-electron chi connectivity index (χ4n) is 1.10. The molecule has 0 atom stereocenters. The Bertz CT molecular complexity index is 135. The monoisotopic (exact) mass is 209 g/mol. The molecule has 0 fully saturated rings. The Hall–Kier alpha value is 0.846. The van der Waals surface area contributed by atoms with Crippen LogP contribution in [0.3, 0.4) is 0 Å². The standard InChI is InChI=1S/C10H18O2.K/c1-2-3-4-5-6-7-8-9-10(11)12;/h2H,1,3-9H2,(H,11,12);. The Kier molecular flexibility index (Phi) is 16.1. The van der Waals surface area contributed by atoms with E-state index < -0.39 is 5.97 Å². The first-order valence-corrected chi connectivity index (χ1v) is 4.60. The molecule has 0 aromatic rings. The van der Waals surface area contributed by atoms with Crippen LogP contribution >= 0.6 is 0 Å². The van der Waals surface area contributed by atoms with Gasteiger partial charge in [0.1, 0.15) is 0 Å². The predicted molar refractivity (Wildman–Crippen MR) is 55.9 cm³/mol. The van der Waals surface area contributed by atoms with Crippen molar-refractivity contribution in [1.29, 1.82) is 0 Å². The minimum atomic E-state index is -0.680. The van der Waals surface area contributed by atoms with Gasteiger partial charge in [-0.25, -0.2) is 0 Å². The molecular formula is C10H18KO2. The number of carbonyl (C=O) groups is 1. The van der Waals surface area contributed by atoms with E-state index in [1.54, 1.807) is 0 Å². The van der Waals surface area contributed by atoms with Gasteiger partial charge in [0.05, 0.1) is 0 Å². The van der Waals surface area contributed by atoms with Crippen LogP contribution in [-0.2, 0) is 4.79 Å². The van der Waals surface area contributed by atoms with E-state index in [9.17, 15) is 4.79 Å². The molecule has 13 heavy (non-hydrogen) atoms. The van der Waals surface area contributed by atoms with Crippen molar-refractivity contribution in [2.24, 2.45) is 0 Å². The van der Waals surface area contributed by atoms with Gasteiger partial charge in [-0.2, -0.15) is 0 Å². The van der Waals surface area contributed by atoms with E-state index in [4.69, 9.17) is 5.11 Å². The van der Waals surface area contributed by atoms with Crippen molar-refractivity contribution >= 4 is 57.4 Å². The first-order chi connectivity index (χ1) is 5.77. The van der Waals surface area contributed by atoms with E-state index in [2.05, 4.69) is 6.58 Å². The molecule has 0 aliphatic heterocycles. The Morgan fingerprint density at radius 1 is 1.15 bits per heavy atom. The van der Waals surface area contributed by atoms with Crippen molar-refractivity contribution < 1.29 is 9.90 Å². The molecular weight excluding hydrogens is 191 g/mol. The fourth-order valence-corrected chi connectivity index (χ4v) is 1.10. The zero-order valence-electron chi connectivity index (χ0n) is 8.59. The topological polar surface area (TPSA) is 37.3 Å². The van der Waals surface area contributed by atoms with Crippen LogP contribution in [0.4, 0.5) is 0 Å². The van der Waals surface area contributed by atoms with Crippen LogP contribution in [0.25, 0.3) is 0 Å².